The molecule has 0 aliphatic rings. The molecule has 1 aromatic rings. The molecule has 1 rings (SSSR count). The van der Waals surface area contributed by atoms with Crippen LogP contribution in [0.2, 0.25) is 0 Å². The third-order valence-electron chi connectivity index (χ3n) is 1.15. The van der Waals surface area contributed by atoms with E-state index in [4.69, 9.17) is 0 Å². The molecular formula is C6H6BrN2O2-. The highest BCUT2D eigenvalue weighted by Gasteiger charge is 1.93. The molecule has 0 spiro atoms. The standard InChI is InChI=1S/C6H7BrN2O2/c7-5-3-8-9(4-5)2-1-6(10)11/h3-4H,1-2H2,(H,10,11)/p-1. The Labute approximate surface area is 72.0 Å². The molecule has 0 bridgehead atoms. The second kappa shape index (κ2) is 3.52. The summed E-state index contributed by atoms with van der Waals surface area (Å²) in [5, 5.41) is 13.9. The van der Waals surface area contributed by atoms with E-state index in [0.717, 1.165) is 4.47 Å². The minimum Gasteiger partial charge on any atom is -0.550 e. The monoisotopic (exact) mass is 217 g/mol. The second-order valence-corrected chi connectivity index (χ2v) is 2.96. The second-order valence-electron chi connectivity index (χ2n) is 2.04. The lowest BCUT2D eigenvalue weighted by molar-refractivity contribution is -0.306. The molecule has 5 heteroatoms. The Morgan fingerprint density at radius 2 is 2.55 bits per heavy atom. The van der Waals surface area contributed by atoms with Crippen LogP contribution in [0.4, 0.5) is 0 Å². The average molecular weight is 218 g/mol. The van der Waals surface area contributed by atoms with Gasteiger partial charge in [0.2, 0.25) is 0 Å². The molecule has 0 amide bonds. The van der Waals surface area contributed by atoms with E-state index < -0.39 is 5.97 Å². The number of hydrogen-bond donors (Lipinski definition) is 0. The highest BCUT2D eigenvalue weighted by atomic mass is 79.9. The van der Waals surface area contributed by atoms with Gasteiger partial charge in [-0.1, -0.05) is 0 Å². The minimum absolute atomic E-state index is 0.00583. The molecule has 60 valence electrons. The Morgan fingerprint density at radius 3 is 3.00 bits per heavy atom. The van der Waals surface area contributed by atoms with Gasteiger partial charge in [0, 0.05) is 25.1 Å². The number of carboxylic acids is 1. The molecule has 1 heterocycles. The zero-order valence-electron chi connectivity index (χ0n) is 5.66. The number of carbonyl (C=O) groups is 1. The molecule has 0 unspecified atom stereocenters. The summed E-state index contributed by atoms with van der Waals surface area (Å²) in [4.78, 5) is 10.0. The van der Waals surface area contributed by atoms with Crippen molar-refractivity contribution in [3.8, 4) is 0 Å². The zero-order valence-corrected chi connectivity index (χ0v) is 7.24. The number of hydrogen-bond acceptors (Lipinski definition) is 3. The lowest BCUT2D eigenvalue weighted by atomic mass is 10.4. The van der Waals surface area contributed by atoms with Gasteiger partial charge in [0.05, 0.1) is 10.7 Å². The molecule has 0 atom stereocenters. The van der Waals surface area contributed by atoms with Crippen LogP contribution < -0.4 is 5.11 Å². The van der Waals surface area contributed by atoms with Crippen molar-refractivity contribution in [3.63, 3.8) is 0 Å². The van der Waals surface area contributed by atoms with Crippen molar-refractivity contribution in [2.75, 3.05) is 0 Å². The quantitative estimate of drug-likeness (QED) is 0.704. The predicted molar refractivity (Wildman–Crippen MR) is 39.6 cm³/mol. The third kappa shape index (κ3) is 2.71. The van der Waals surface area contributed by atoms with Crippen molar-refractivity contribution in [2.45, 2.75) is 13.0 Å². The van der Waals surface area contributed by atoms with E-state index in [1.54, 1.807) is 17.1 Å². The van der Waals surface area contributed by atoms with Crippen LogP contribution in [0, 0.1) is 0 Å². The fraction of sp³-hybridized carbons (Fsp3) is 0.333. The normalized spacial score (nSPS) is 9.91. The largest absolute Gasteiger partial charge is 0.550 e. The van der Waals surface area contributed by atoms with Crippen LogP contribution in [0.5, 0.6) is 0 Å². The van der Waals surface area contributed by atoms with Gasteiger partial charge in [-0.05, 0) is 15.9 Å². The number of rotatable bonds is 3. The third-order valence-corrected chi connectivity index (χ3v) is 1.56. The van der Waals surface area contributed by atoms with Crippen LogP contribution in [-0.2, 0) is 11.3 Å². The van der Waals surface area contributed by atoms with Gasteiger partial charge in [-0.15, -0.1) is 0 Å². The van der Waals surface area contributed by atoms with E-state index >= 15 is 0 Å². The number of aryl methyl sites for hydroxylation is 1. The Hall–Kier alpha value is -0.840. The van der Waals surface area contributed by atoms with Gasteiger partial charge in [-0.25, -0.2) is 0 Å². The van der Waals surface area contributed by atoms with E-state index in [1.807, 2.05) is 0 Å². The van der Waals surface area contributed by atoms with Crippen LogP contribution >= 0.6 is 15.9 Å². The molecule has 0 N–H and O–H groups in total. The first kappa shape index (κ1) is 8.26. The molecule has 4 nitrogen and oxygen atoms in total. The zero-order chi connectivity index (χ0) is 8.27. The highest BCUT2D eigenvalue weighted by Crippen LogP contribution is 2.05. The lowest BCUT2D eigenvalue weighted by Gasteiger charge is -2.00. The van der Waals surface area contributed by atoms with Crippen molar-refractivity contribution in [3.05, 3.63) is 16.9 Å². The number of carboxylic acid groups (broad SMARTS) is 1. The minimum atomic E-state index is -1.06. The fourth-order valence-electron chi connectivity index (χ4n) is 0.666. The van der Waals surface area contributed by atoms with Gasteiger partial charge in [0.15, 0.2) is 0 Å². The number of aromatic nitrogens is 2. The lowest BCUT2D eigenvalue weighted by Crippen LogP contribution is -2.23. The fourth-order valence-corrected chi connectivity index (χ4v) is 0.994. The van der Waals surface area contributed by atoms with Crippen molar-refractivity contribution >= 4 is 21.9 Å². The summed E-state index contributed by atoms with van der Waals surface area (Å²) in [6.45, 7) is 0.355. The number of aliphatic carboxylic acids is 1. The maximum Gasteiger partial charge on any atom is 0.0632 e. The van der Waals surface area contributed by atoms with Gasteiger partial charge >= 0.3 is 0 Å². The van der Waals surface area contributed by atoms with Crippen molar-refractivity contribution in [2.24, 2.45) is 0 Å². The molecule has 0 saturated heterocycles. The molecule has 0 saturated carbocycles. The summed E-state index contributed by atoms with van der Waals surface area (Å²) >= 11 is 3.19. The summed E-state index contributed by atoms with van der Waals surface area (Å²) in [5.41, 5.74) is 0. The van der Waals surface area contributed by atoms with Crippen molar-refractivity contribution < 1.29 is 9.90 Å². The van der Waals surface area contributed by atoms with Crippen LogP contribution in [0.15, 0.2) is 16.9 Å². The number of carbonyl (C=O) groups excluding carboxylic acids is 1. The summed E-state index contributed by atoms with van der Waals surface area (Å²) in [7, 11) is 0. The molecule has 0 aliphatic carbocycles. The molecule has 0 radical (unpaired) electrons. The molecule has 0 aromatic carbocycles. The number of nitrogens with zero attached hydrogens (tertiary/aromatic N) is 2. The van der Waals surface area contributed by atoms with Gasteiger partial charge in [-0.2, -0.15) is 5.10 Å². The Kier molecular flexibility index (Phi) is 2.64. The van der Waals surface area contributed by atoms with Gasteiger partial charge in [0.1, 0.15) is 0 Å². The topological polar surface area (TPSA) is 57.9 Å². The maximum atomic E-state index is 10.0. The van der Waals surface area contributed by atoms with E-state index in [2.05, 4.69) is 21.0 Å². The van der Waals surface area contributed by atoms with Crippen LogP contribution in [0.3, 0.4) is 0 Å². The molecule has 11 heavy (non-hydrogen) atoms. The summed E-state index contributed by atoms with van der Waals surface area (Å²) in [5.74, 6) is -1.06. The SMILES string of the molecule is O=C([O-])CCn1cc(Br)cn1. The first-order chi connectivity index (χ1) is 5.18. The van der Waals surface area contributed by atoms with E-state index in [-0.39, 0.29) is 6.42 Å². The number of halogens is 1. The smallest absolute Gasteiger partial charge is 0.0632 e. The van der Waals surface area contributed by atoms with Gasteiger partial charge < -0.3 is 9.90 Å². The van der Waals surface area contributed by atoms with Crippen LogP contribution in [-0.4, -0.2) is 15.7 Å². The van der Waals surface area contributed by atoms with Crippen LogP contribution in [0.1, 0.15) is 6.42 Å². The predicted octanol–water partition coefficient (Wildman–Crippen LogP) is -0.214. The van der Waals surface area contributed by atoms with Crippen molar-refractivity contribution in [1.29, 1.82) is 0 Å². The van der Waals surface area contributed by atoms with Crippen molar-refractivity contribution in [1.82, 2.24) is 9.78 Å². The molecule has 1 aromatic heterocycles. The van der Waals surface area contributed by atoms with E-state index in [9.17, 15) is 9.90 Å². The first-order valence-electron chi connectivity index (χ1n) is 3.06. The molecular weight excluding hydrogens is 212 g/mol. The average Bonchev–Trinajstić information content (AvgIpc) is 2.31. The summed E-state index contributed by atoms with van der Waals surface area (Å²) in [6.07, 6.45) is 3.31. The first-order valence-corrected chi connectivity index (χ1v) is 3.85. The Balaban J connectivity index is 2.45. The summed E-state index contributed by atoms with van der Waals surface area (Å²) in [6, 6.07) is 0. The molecule has 0 fully saturated rings. The highest BCUT2D eigenvalue weighted by molar-refractivity contribution is 9.10. The Bertz CT molecular complexity index is 259. The maximum absolute atomic E-state index is 10.0. The molecule has 0 aliphatic heterocycles. The van der Waals surface area contributed by atoms with E-state index in [0.29, 0.717) is 6.54 Å². The van der Waals surface area contributed by atoms with E-state index in [1.165, 1.54) is 0 Å². The van der Waals surface area contributed by atoms with Crippen LogP contribution in [0.25, 0.3) is 0 Å². The van der Waals surface area contributed by atoms with Gasteiger partial charge in [0.25, 0.3) is 0 Å². The Morgan fingerprint density at radius 1 is 1.82 bits per heavy atom. The van der Waals surface area contributed by atoms with Gasteiger partial charge in [-0.3, -0.25) is 4.68 Å². The summed E-state index contributed by atoms with van der Waals surface area (Å²) < 4.78 is 2.38.